The molecule has 0 heterocycles. The van der Waals surface area contributed by atoms with Crippen LogP contribution >= 0.6 is 23.2 Å². The van der Waals surface area contributed by atoms with Gasteiger partial charge in [-0.05, 0) is 28.5 Å². The Morgan fingerprint density at radius 1 is 1.12 bits per heavy atom. The van der Waals surface area contributed by atoms with Crippen LogP contribution in [0.4, 0.5) is 0 Å². The predicted octanol–water partition coefficient (Wildman–Crippen LogP) is 4.71. The maximum atomic E-state index is 10.5. The van der Waals surface area contributed by atoms with E-state index in [1.54, 1.807) is 12.1 Å². The van der Waals surface area contributed by atoms with Crippen molar-refractivity contribution < 1.29 is 5.11 Å². The SMILES string of the molecule is CC1(C)C(C(O)c2ccc(Cl)cc2Cl)C1(C)C. The fourth-order valence-electron chi connectivity index (χ4n) is 2.96. The third-order valence-electron chi connectivity index (χ3n) is 4.73. The highest BCUT2D eigenvalue weighted by Gasteiger charge is 2.67. The summed E-state index contributed by atoms with van der Waals surface area (Å²) in [5.74, 6) is 0.230. The summed E-state index contributed by atoms with van der Waals surface area (Å²) in [5.41, 5.74) is 1.05. The zero-order valence-corrected chi connectivity index (χ0v) is 12.1. The molecule has 3 heteroatoms. The second-order valence-corrected chi connectivity index (χ2v) is 6.88. The Balaban J connectivity index is 2.31. The fourth-order valence-corrected chi connectivity index (χ4v) is 3.48. The highest BCUT2D eigenvalue weighted by molar-refractivity contribution is 6.35. The average molecular weight is 273 g/mol. The third-order valence-corrected chi connectivity index (χ3v) is 5.29. The van der Waals surface area contributed by atoms with Crippen molar-refractivity contribution in [3.8, 4) is 0 Å². The van der Waals surface area contributed by atoms with E-state index in [4.69, 9.17) is 23.2 Å². The smallest absolute Gasteiger partial charge is 0.0843 e. The Bertz CT molecular complexity index is 438. The van der Waals surface area contributed by atoms with Crippen molar-refractivity contribution in [3.63, 3.8) is 0 Å². The summed E-state index contributed by atoms with van der Waals surface area (Å²) in [6.45, 7) is 8.74. The molecule has 0 aliphatic heterocycles. The van der Waals surface area contributed by atoms with E-state index in [1.807, 2.05) is 6.07 Å². The molecule has 1 nitrogen and oxygen atoms in total. The Morgan fingerprint density at radius 3 is 2.06 bits per heavy atom. The monoisotopic (exact) mass is 272 g/mol. The third kappa shape index (κ3) is 1.89. The Morgan fingerprint density at radius 2 is 1.65 bits per heavy atom. The van der Waals surface area contributed by atoms with E-state index in [-0.39, 0.29) is 16.7 Å². The van der Waals surface area contributed by atoms with Crippen LogP contribution in [0.25, 0.3) is 0 Å². The van der Waals surface area contributed by atoms with Crippen molar-refractivity contribution in [1.82, 2.24) is 0 Å². The number of benzene rings is 1. The van der Waals surface area contributed by atoms with Gasteiger partial charge in [0.2, 0.25) is 0 Å². The van der Waals surface area contributed by atoms with Gasteiger partial charge in [0.15, 0.2) is 0 Å². The van der Waals surface area contributed by atoms with Gasteiger partial charge in [0.1, 0.15) is 0 Å². The van der Waals surface area contributed by atoms with Crippen molar-refractivity contribution >= 4 is 23.2 Å². The quantitative estimate of drug-likeness (QED) is 0.827. The molecule has 1 unspecified atom stereocenters. The van der Waals surface area contributed by atoms with Crippen molar-refractivity contribution in [2.45, 2.75) is 33.8 Å². The summed E-state index contributed by atoms with van der Waals surface area (Å²) < 4.78 is 0. The van der Waals surface area contributed by atoms with Gasteiger partial charge in [0, 0.05) is 16.0 Å². The van der Waals surface area contributed by atoms with Gasteiger partial charge in [-0.15, -0.1) is 0 Å². The molecule has 1 atom stereocenters. The summed E-state index contributed by atoms with van der Waals surface area (Å²) in [4.78, 5) is 0. The van der Waals surface area contributed by atoms with Crippen LogP contribution in [0.3, 0.4) is 0 Å². The highest BCUT2D eigenvalue weighted by atomic mass is 35.5. The number of aliphatic hydroxyl groups is 1. The Labute approximate surface area is 113 Å². The molecule has 1 aromatic rings. The molecule has 0 bridgehead atoms. The van der Waals surface area contributed by atoms with Gasteiger partial charge in [-0.1, -0.05) is 57.0 Å². The van der Waals surface area contributed by atoms with Gasteiger partial charge < -0.3 is 5.11 Å². The molecule has 0 aromatic heterocycles. The van der Waals surface area contributed by atoms with Crippen LogP contribution < -0.4 is 0 Å². The normalized spacial score (nSPS) is 23.5. The minimum Gasteiger partial charge on any atom is -0.388 e. The standard InChI is InChI=1S/C14H18Cl2O/c1-13(2)12(14(13,3)4)11(17)9-6-5-8(15)7-10(9)16/h5-7,11-12,17H,1-4H3. The number of halogens is 2. The van der Waals surface area contributed by atoms with E-state index in [0.717, 1.165) is 5.56 Å². The predicted molar refractivity (Wildman–Crippen MR) is 72.5 cm³/mol. The topological polar surface area (TPSA) is 20.2 Å². The molecule has 0 spiro atoms. The lowest BCUT2D eigenvalue weighted by atomic mass is 9.99. The molecule has 2 rings (SSSR count). The largest absolute Gasteiger partial charge is 0.388 e. The first-order valence-electron chi connectivity index (χ1n) is 5.82. The maximum Gasteiger partial charge on any atom is 0.0843 e. The van der Waals surface area contributed by atoms with Gasteiger partial charge >= 0.3 is 0 Å². The van der Waals surface area contributed by atoms with E-state index in [9.17, 15) is 5.11 Å². The van der Waals surface area contributed by atoms with E-state index in [2.05, 4.69) is 27.7 Å². The zero-order valence-electron chi connectivity index (χ0n) is 10.6. The molecular formula is C14H18Cl2O. The summed E-state index contributed by atoms with van der Waals surface area (Å²) in [6, 6.07) is 5.28. The molecule has 1 fully saturated rings. The molecule has 1 N–H and O–H groups in total. The lowest BCUT2D eigenvalue weighted by Crippen LogP contribution is -2.06. The van der Waals surface area contributed by atoms with E-state index < -0.39 is 6.10 Å². The summed E-state index contributed by atoms with van der Waals surface area (Å²) in [6.07, 6.45) is -0.523. The van der Waals surface area contributed by atoms with Gasteiger partial charge in [0.05, 0.1) is 6.10 Å². The molecule has 94 valence electrons. The summed E-state index contributed by atoms with van der Waals surface area (Å²) in [7, 11) is 0. The van der Waals surface area contributed by atoms with Crippen LogP contribution in [0.1, 0.15) is 39.4 Å². The molecule has 1 aliphatic rings. The molecule has 17 heavy (non-hydrogen) atoms. The Hall–Kier alpha value is -0.240. The van der Waals surface area contributed by atoms with Gasteiger partial charge in [0.25, 0.3) is 0 Å². The van der Waals surface area contributed by atoms with Crippen LogP contribution in [-0.4, -0.2) is 5.11 Å². The van der Waals surface area contributed by atoms with E-state index in [1.165, 1.54) is 0 Å². The first kappa shape index (κ1) is 13.2. The number of aliphatic hydroxyl groups excluding tert-OH is 1. The van der Waals surface area contributed by atoms with Gasteiger partial charge in [-0.2, -0.15) is 0 Å². The lowest BCUT2D eigenvalue weighted by molar-refractivity contribution is 0.131. The van der Waals surface area contributed by atoms with Crippen LogP contribution in [0, 0.1) is 16.7 Å². The van der Waals surface area contributed by atoms with E-state index >= 15 is 0 Å². The maximum absolute atomic E-state index is 10.5. The molecule has 1 saturated carbocycles. The van der Waals surface area contributed by atoms with E-state index in [0.29, 0.717) is 10.0 Å². The van der Waals surface area contributed by atoms with Crippen LogP contribution in [0.15, 0.2) is 18.2 Å². The molecule has 1 aromatic carbocycles. The number of hydrogen-bond acceptors (Lipinski definition) is 1. The van der Waals surface area contributed by atoms with Crippen molar-refractivity contribution in [1.29, 1.82) is 0 Å². The second-order valence-electron chi connectivity index (χ2n) is 6.03. The molecular weight excluding hydrogens is 255 g/mol. The lowest BCUT2D eigenvalue weighted by Gasteiger charge is -2.15. The summed E-state index contributed by atoms with van der Waals surface area (Å²) in [5, 5.41) is 11.6. The fraction of sp³-hybridized carbons (Fsp3) is 0.571. The van der Waals surface area contributed by atoms with Crippen molar-refractivity contribution in [3.05, 3.63) is 33.8 Å². The first-order chi connectivity index (χ1) is 7.69. The Kier molecular flexibility index (Phi) is 3.01. The molecule has 0 radical (unpaired) electrons. The molecule has 0 saturated heterocycles. The van der Waals surface area contributed by atoms with Gasteiger partial charge in [-0.25, -0.2) is 0 Å². The molecule has 0 amide bonds. The van der Waals surface area contributed by atoms with Crippen molar-refractivity contribution in [2.24, 2.45) is 16.7 Å². The minimum absolute atomic E-state index is 0.134. The highest BCUT2D eigenvalue weighted by Crippen LogP contribution is 2.72. The average Bonchev–Trinajstić information content (AvgIpc) is 2.56. The van der Waals surface area contributed by atoms with Crippen LogP contribution in [0.2, 0.25) is 10.0 Å². The first-order valence-corrected chi connectivity index (χ1v) is 6.58. The van der Waals surface area contributed by atoms with Crippen LogP contribution in [-0.2, 0) is 0 Å². The van der Waals surface area contributed by atoms with Crippen LogP contribution in [0.5, 0.6) is 0 Å². The summed E-state index contributed by atoms with van der Waals surface area (Å²) >= 11 is 12.0. The number of rotatable bonds is 2. The number of hydrogen-bond donors (Lipinski definition) is 1. The minimum atomic E-state index is -0.523. The van der Waals surface area contributed by atoms with Crippen molar-refractivity contribution in [2.75, 3.05) is 0 Å². The second kappa shape index (κ2) is 3.88. The van der Waals surface area contributed by atoms with Gasteiger partial charge in [-0.3, -0.25) is 0 Å². The zero-order chi connectivity index (χ0) is 13.0. The molecule has 1 aliphatic carbocycles.